The summed E-state index contributed by atoms with van der Waals surface area (Å²) in [6.45, 7) is 1.88. The minimum atomic E-state index is -0.203. The van der Waals surface area contributed by atoms with Crippen LogP contribution in [0, 0.1) is 11.8 Å². The molecule has 2 unspecified atom stereocenters. The molecule has 2 aromatic rings. The lowest BCUT2D eigenvalue weighted by atomic mass is 9.82. The molecule has 4 nitrogen and oxygen atoms in total. The molecule has 25 heavy (non-hydrogen) atoms. The Bertz CT molecular complexity index is 912. The van der Waals surface area contributed by atoms with E-state index in [9.17, 15) is 9.59 Å². The smallest absolute Gasteiger partial charge is 0.258 e. The van der Waals surface area contributed by atoms with Crippen molar-refractivity contribution in [3.05, 3.63) is 72.0 Å². The third-order valence-corrected chi connectivity index (χ3v) is 4.86. The summed E-state index contributed by atoms with van der Waals surface area (Å²) in [6.07, 6.45) is 5.36. The largest absolute Gasteiger partial charge is 0.488 e. The first kappa shape index (κ1) is 15.6. The first-order valence-corrected chi connectivity index (χ1v) is 8.46. The van der Waals surface area contributed by atoms with Crippen LogP contribution in [0.5, 0.6) is 0 Å². The number of ketones is 1. The predicted octanol–water partition coefficient (Wildman–Crippen LogP) is 3.30. The number of fused-ring (bicyclic) bond motifs is 2. The summed E-state index contributed by atoms with van der Waals surface area (Å²) in [7, 11) is 0. The summed E-state index contributed by atoms with van der Waals surface area (Å²) >= 11 is 0. The highest BCUT2D eigenvalue weighted by Crippen LogP contribution is 2.40. The van der Waals surface area contributed by atoms with Crippen molar-refractivity contribution in [2.75, 3.05) is 6.61 Å². The monoisotopic (exact) mass is 333 g/mol. The number of ether oxygens (including phenoxy) is 1. The molecule has 1 amide bonds. The first-order chi connectivity index (χ1) is 12.1. The number of carbonyl (C=O) groups excluding carboxylic acids is 2. The van der Waals surface area contributed by atoms with Crippen LogP contribution in [0.3, 0.4) is 0 Å². The SMILES string of the molecule is C[C@H](NC(=O)COC1=CC2C=CC(=O)C12)c1ccc2ccccc2c1. The molecule has 2 aromatic carbocycles. The molecule has 4 rings (SSSR count). The van der Waals surface area contributed by atoms with Crippen LogP contribution in [0.15, 0.2) is 66.5 Å². The van der Waals surface area contributed by atoms with Crippen molar-refractivity contribution in [3.63, 3.8) is 0 Å². The maximum Gasteiger partial charge on any atom is 0.258 e. The van der Waals surface area contributed by atoms with Gasteiger partial charge in [0.25, 0.3) is 5.91 Å². The van der Waals surface area contributed by atoms with E-state index in [4.69, 9.17) is 4.74 Å². The summed E-state index contributed by atoms with van der Waals surface area (Å²) in [5, 5.41) is 5.27. The number of benzene rings is 2. The minimum absolute atomic E-state index is 0.0624. The zero-order valence-electron chi connectivity index (χ0n) is 13.9. The van der Waals surface area contributed by atoms with Crippen LogP contribution in [0.1, 0.15) is 18.5 Å². The van der Waals surface area contributed by atoms with E-state index in [-0.39, 0.29) is 36.2 Å². The average molecular weight is 333 g/mol. The first-order valence-electron chi connectivity index (χ1n) is 8.46. The van der Waals surface area contributed by atoms with Crippen LogP contribution in [-0.2, 0) is 14.3 Å². The summed E-state index contributed by atoms with van der Waals surface area (Å²) in [5.41, 5.74) is 1.05. The number of carbonyl (C=O) groups is 2. The Morgan fingerprint density at radius 2 is 2.00 bits per heavy atom. The molecule has 0 fully saturated rings. The number of amides is 1. The quantitative estimate of drug-likeness (QED) is 0.913. The maximum absolute atomic E-state index is 12.1. The molecule has 0 saturated carbocycles. The molecule has 2 aliphatic carbocycles. The summed E-state index contributed by atoms with van der Waals surface area (Å²) < 4.78 is 5.52. The number of hydrogen-bond donors (Lipinski definition) is 1. The van der Waals surface area contributed by atoms with Crippen molar-refractivity contribution in [1.29, 1.82) is 0 Å². The molecule has 0 spiro atoms. The van der Waals surface area contributed by atoms with Crippen LogP contribution < -0.4 is 5.32 Å². The molecular weight excluding hydrogens is 314 g/mol. The van der Waals surface area contributed by atoms with Crippen LogP contribution in [0.25, 0.3) is 10.8 Å². The van der Waals surface area contributed by atoms with Gasteiger partial charge in [0.2, 0.25) is 0 Å². The van der Waals surface area contributed by atoms with Gasteiger partial charge in [0.15, 0.2) is 12.4 Å². The number of hydrogen-bond acceptors (Lipinski definition) is 3. The fraction of sp³-hybridized carbons (Fsp3) is 0.238. The highest BCUT2D eigenvalue weighted by molar-refractivity contribution is 5.98. The molecule has 2 aliphatic rings. The van der Waals surface area contributed by atoms with E-state index in [1.54, 1.807) is 6.08 Å². The molecule has 0 saturated heterocycles. The Kier molecular flexibility index (Phi) is 3.88. The Morgan fingerprint density at radius 3 is 2.80 bits per heavy atom. The molecule has 0 bridgehead atoms. The molecule has 0 aliphatic heterocycles. The average Bonchev–Trinajstić information content (AvgIpc) is 2.88. The second-order valence-corrected chi connectivity index (χ2v) is 6.57. The number of nitrogens with one attached hydrogen (secondary N) is 1. The summed E-state index contributed by atoms with van der Waals surface area (Å²) in [6, 6.07) is 14.2. The van der Waals surface area contributed by atoms with Gasteiger partial charge >= 0.3 is 0 Å². The second-order valence-electron chi connectivity index (χ2n) is 6.57. The van der Waals surface area contributed by atoms with Gasteiger partial charge in [-0.05, 0) is 41.5 Å². The third-order valence-electron chi connectivity index (χ3n) is 4.86. The van der Waals surface area contributed by atoms with Gasteiger partial charge in [0.05, 0.1) is 12.0 Å². The fourth-order valence-electron chi connectivity index (χ4n) is 3.40. The Labute approximate surface area is 146 Å². The number of rotatable bonds is 5. The van der Waals surface area contributed by atoms with Gasteiger partial charge in [0.1, 0.15) is 5.76 Å². The fourth-order valence-corrected chi connectivity index (χ4v) is 3.40. The van der Waals surface area contributed by atoms with E-state index < -0.39 is 0 Å². The molecular formula is C21H19NO3. The molecule has 4 heteroatoms. The molecule has 0 heterocycles. The van der Waals surface area contributed by atoms with Crippen molar-refractivity contribution in [3.8, 4) is 0 Å². The van der Waals surface area contributed by atoms with Gasteiger partial charge in [-0.2, -0.15) is 0 Å². The van der Waals surface area contributed by atoms with Crippen LogP contribution >= 0.6 is 0 Å². The van der Waals surface area contributed by atoms with Crippen molar-refractivity contribution in [1.82, 2.24) is 5.32 Å². The van der Waals surface area contributed by atoms with E-state index in [1.165, 1.54) is 5.39 Å². The highest BCUT2D eigenvalue weighted by atomic mass is 16.5. The normalized spacial score (nSPS) is 22.1. The van der Waals surface area contributed by atoms with E-state index in [0.717, 1.165) is 10.9 Å². The Morgan fingerprint density at radius 1 is 1.20 bits per heavy atom. The summed E-state index contributed by atoms with van der Waals surface area (Å²) in [5.74, 6) is 0.442. The topological polar surface area (TPSA) is 55.4 Å². The molecule has 3 atom stereocenters. The minimum Gasteiger partial charge on any atom is -0.488 e. The highest BCUT2D eigenvalue weighted by Gasteiger charge is 2.41. The zero-order valence-corrected chi connectivity index (χ0v) is 13.9. The zero-order chi connectivity index (χ0) is 17.4. The number of allylic oxidation sites excluding steroid dienone is 4. The predicted molar refractivity (Wildman–Crippen MR) is 95.7 cm³/mol. The second kappa shape index (κ2) is 6.20. The lowest BCUT2D eigenvalue weighted by Gasteiger charge is -2.28. The Balaban J connectivity index is 1.34. The van der Waals surface area contributed by atoms with Crippen molar-refractivity contribution in [2.45, 2.75) is 13.0 Å². The van der Waals surface area contributed by atoms with Crippen LogP contribution in [0.2, 0.25) is 0 Å². The lowest BCUT2D eigenvalue weighted by molar-refractivity contribution is -0.127. The van der Waals surface area contributed by atoms with Gasteiger partial charge < -0.3 is 10.1 Å². The van der Waals surface area contributed by atoms with Gasteiger partial charge in [-0.25, -0.2) is 0 Å². The van der Waals surface area contributed by atoms with Crippen molar-refractivity contribution in [2.24, 2.45) is 11.8 Å². The van der Waals surface area contributed by atoms with E-state index in [2.05, 4.69) is 29.6 Å². The molecule has 0 aromatic heterocycles. The third kappa shape index (κ3) is 2.95. The molecule has 0 radical (unpaired) electrons. The standard InChI is InChI=1S/C21H19NO3/c1-13(15-7-6-14-4-2-3-5-16(14)10-15)22-20(24)12-25-19-11-17-8-9-18(23)21(17)19/h2-11,13,17,21H,12H2,1H3,(H,22,24)/t13-,17?,21?/m0/s1. The van der Waals surface area contributed by atoms with Crippen molar-refractivity contribution < 1.29 is 14.3 Å². The van der Waals surface area contributed by atoms with Gasteiger partial charge in [-0.1, -0.05) is 42.5 Å². The van der Waals surface area contributed by atoms with E-state index >= 15 is 0 Å². The molecule has 126 valence electrons. The van der Waals surface area contributed by atoms with Gasteiger partial charge in [-0.3, -0.25) is 9.59 Å². The van der Waals surface area contributed by atoms with Crippen LogP contribution in [-0.4, -0.2) is 18.3 Å². The Hall–Kier alpha value is -2.88. The van der Waals surface area contributed by atoms with Gasteiger partial charge in [-0.15, -0.1) is 0 Å². The molecule has 1 N–H and O–H groups in total. The van der Waals surface area contributed by atoms with Gasteiger partial charge in [0, 0.05) is 5.92 Å². The van der Waals surface area contributed by atoms with Crippen LogP contribution in [0.4, 0.5) is 0 Å². The van der Waals surface area contributed by atoms with E-state index in [1.807, 2.05) is 37.3 Å². The van der Waals surface area contributed by atoms with E-state index in [0.29, 0.717) is 5.76 Å². The summed E-state index contributed by atoms with van der Waals surface area (Å²) in [4.78, 5) is 23.8. The lowest BCUT2D eigenvalue weighted by Crippen LogP contribution is -2.33. The van der Waals surface area contributed by atoms with Crippen molar-refractivity contribution >= 4 is 22.5 Å². The maximum atomic E-state index is 12.1.